The molecule has 2 rings (SSSR count). The summed E-state index contributed by atoms with van der Waals surface area (Å²) in [5, 5.41) is 2.83. The third kappa shape index (κ3) is 1.62. The van der Waals surface area contributed by atoms with Crippen molar-refractivity contribution in [1.29, 1.82) is 0 Å². The summed E-state index contributed by atoms with van der Waals surface area (Å²) in [4.78, 5) is 10.9. The Morgan fingerprint density at radius 3 is 3.07 bits per heavy atom. The molecule has 0 radical (unpaired) electrons. The van der Waals surface area contributed by atoms with Gasteiger partial charge in [0, 0.05) is 13.3 Å². The van der Waals surface area contributed by atoms with Crippen LogP contribution in [0.15, 0.2) is 24.3 Å². The first kappa shape index (κ1) is 8.83. The van der Waals surface area contributed by atoms with Gasteiger partial charge in [-0.3, -0.25) is 4.79 Å². The summed E-state index contributed by atoms with van der Waals surface area (Å²) in [5.41, 5.74) is 2.34. The minimum atomic E-state index is -0.127. The molecule has 0 aliphatic heterocycles. The average Bonchev–Trinajstić information content (AvgIpc) is 2.18. The zero-order valence-electron chi connectivity index (χ0n) is 8.00. The molecule has 0 aromatic heterocycles. The Balaban J connectivity index is 2.33. The lowest BCUT2D eigenvalue weighted by Gasteiger charge is -2.18. The Morgan fingerprint density at radius 2 is 2.29 bits per heavy atom. The number of carbonyl (C=O) groups excluding carboxylic acids is 1. The Kier molecular flexibility index (Phi) is 2.24. The number of nitrogens with one attached hydrogen (secondary N) is 1. The van der Waals surface area contributed by atoms with Gasteiger partial charge in [0.05, 0.1) is 0 Å². The fourth-order valence-corrected chi connectivity index (χ4v) is 1.62. The van der Waals surface area contributed by atoms with Crippen LogP contribution in [0.2, 0.25) is 0 Å². The van der Waals surface area contributed by atoms with Crippen LogP contribution in [0.1, 0.15) is 24.1 Å². The molecule has 14 heavy (non-hydrogen) atoms. The van der Waals surface area contributed by atoms with Gasteiger partial charge in [0.1, 0.15) is 6.04 Å². The molecule has 0 unspecified atom stereocenters. The fraction of sp³-hybridized carbons (Fsp3) is 0.250. The highest BCUT2D eigenvalue weighted by molar-refractivity contribution is 5.74. The maximum Gasteiger partial charge on any atom is 0.218 e. The van der Waals surface area contributed by atoms with E-state index in [1.54, 1.807) is 0 Å². The molecule has 1 aliphatic carbocycles. The molecule has 1 aromatic carbocycles. The van der Waals surface area contributed by atoms with Crippen molar-refractivity contribution in [3.05, 3.63) is 35.4 Å². The molecule has 2 nitrogen and oxygen atoms in total. The maximum atomic E-state index is 10.9. The fourth-order valence-electron chi connectivity index (χ4n) is 1.62. The number of benzene rings is 1. The molecule has 0 fully saturated rings. The lowest BCUT2D eigenvalue weighted by molar-refractivity contribution is -0.119. The van der Waals surface area contributed by atoms with Crippen molar-refractivity contribution >= 4 is 5.91 Å². The number of fused-ring (bicyclic) bond motifs is 1. The Bertz CT molecular complexity index is 425. The van der Waals surface area contributed by atoms with Crippen LogP contribution >= 0.6 is 0 Å². The molecule has 0 bridgehead atoms. The number of rotatable bonds is 1. The lowest BCUT2D eigenvalue weighted by atomic mass is 9.95. The quantitative estimate of drug-likeness (QED) is 0.659. The van der Waals surface area contributed by atoms with Gasteiger partial charge in [0.25, 0.3) is 0 Å². The summed E-state index contributed by atoms with van der Waals surface area (Å²) in [5.74, 6) is 6.02. The largest absolute Gasteiger partial charge is 0.339 e. The van der Waals surface area contributed by atoms with Crippen LogP contribution in [-0.2, 0) is 11.2 Å². The highest BCUT2D eigenvalue weighted by Gasteiger charge is 2.15. The Labute approximate surface area is 83.3 Å². The number of amides is 1. The summed E-state index contributed by atoms with van der Waals surface area (Å²) in [6, 6.07) is 7.91. The van der Waals surface area contributed by atoms with Crippen LogP contribution < -0.4 is 5.32 Å². The van der Waals surface area contributed by atoms with Crippen LogP contribution in [0, 0.1) is 11.8 Å². The topological polar surface area (TPSA) is 29.1 Å². The molecule has 1 atom stereocenters. The van der Waals surface area contributed by atoms with Gasteiger partial charge in [-0.1, -0.05) is 36.1 Å². The van der Waals surface area contributed by atoms with Gasteiger partial charge in [0.15, 0.2) is 0 Å². The van der Waals surface area contributed by atoms with E-state index >= 15 is 0 Å². The highest BCUT2D eigenvalue weighted by atomic mass is 16.1. The minimum absolute atomic E-state index is 0.0407. The summed E-state index contributed by atoms with van der Waals surface area (Å²) in [6.07, 6.45) is 0.784. The lowest BCUT2D eigenvalue weighted by Crippen LogP contribution is -2.26. The van der Waals surface area contributed by atoms with Crippen LogP contribution in [0.5, 0.6) is 0 Å². The first-order valence-corrected chi connectivity index (χ1v) is 4.60. The standard InChI is InChI=1S/C12H11NO/c1-9(14)13-12-8-4-6-10-5-2-3-7-11(10)12/h2-3,5,7,12H,6H2,1H3,(H,13,14)/t12-/m0/s1. The molecule has 0 saturated carbocycles. The van der Waals surface area contributed by atoms with E-state index in [0.717, 1.165) is 12.0 Å². The zero-order chi connectivity index (χ0) is 9.97. The SMILES string of the molecule is CC(=O)N[C@H]1C#CCc2ccccc21. The normalized spacial score (nSPS) is 17.6. The predicted octanol–water partition coefficient (Wildman–Crippen LogP) is 1.42. The van der Waals surface area contributed by atoms with E-state index in [-0.39, 0.29) is 11.9 Å². The van der Waals surface area contributed by atoms with Gasteiger partial charge in [-0.05, 0) is 11.1 Å². The molecule has 1 aromatic rings. The second-order valence-corrected chi connectivity index (χ2v) is 3.33. The molecule has 0 spiro atoms. The summed E-state index contributed by atoms with van der Waals surface area (Å²) >= 11 is 0. The van der Waals surface area contributed by atoms with E-state index in [2.05, 4.69) is 23.2 Å². The molecule has 0 saturated heterocycles. The molecular weight excluding hydrogens is 174 g/mol. The van der Waals surface area contributed by atoms with E-state index in [0.29, 0.717) is 0 Å². The molecule has 0 heterocycles. The third-order valence-corrected chi connectivity index (χ3v) is 2.24. The third-order valence-electron chi connectivity index (χ3n) is 2.24. The van der Waals surface area contributed by atoms with Crippen LogP contribution in [0.25, 0.3) is 0 Å². The molecule has 1 amide bonds. The van der Waals surface area contributed by atoms with Gasteiger partial charge < -0.3 is 5.32 Å². The first-order chi connectivity index (χ1) is 6.77. The van der Waals surface area contributed by atoms with E-state index in [4.69, 9.17) is 0 Å². The van der Waals surface area contributed by atoms with Crippen molar-refractivity contribution in [1.82, 2.24) is 5.32 Å². The van der Waals surface area contributed by atoms with Crippen molar-refractivity contribution in [2.45, 2.75) is 19.4 Å². The van der Waals surface area contributed by atoms with Crippen molar-refractivity contribution in [3.8, 4) is 11.8 Å². The molecule has 1 N–H and O–H groups in total. The molecular formula is C12H11NO. The van der Waals surface area contributed by atoms with E-state index in [1.807, 2.05) is 18.2 Å². The summed E-state index contributed by atoms with van der Waals surface area (Å²) < 4.78 is 0. The van der Waals surface area contributed by atoms with Crippen molar-refractivity contribution in [3.63, 3.8) is 0 Å². The van der Waals surface area contributed by atoms with Crippen molar-refractivity contribution < 1.29 is 4.79 Å². The monoisotopic (exact) mass is 185 g/mol. The van der Waals surface area contributed by atoms with Crippen LogP contribution in [0.4, 0.5) is 0 Å². The molecule has 70 valence electrons. The number of hydrogen-bond acceptors (Lipinski definition) is 1. The first-order valence-electron chi connectivity index (χ1n) is 4.60. The van der Waals surface area contributed by atoms with E-state index < -0.39 is 0 Å². The zero-order valence-corrected chi connectivity index (χ0v) is 8.00. The second-order valence-electron chi connectivity index (χ2n) is 3.33. The number of carbonyl (C=O) groups is 1. The van der Waals surface area contributed by atoms with Gasteiger partial charge in [-0.25, -0.2) is 0 Å². The minimum Gasteiger partial charge on any atom is -0.339 e. The van der Waals surface area contributed by atoms with Crippen LogP contribution in [0.3, 0.4) is 0 Å². The highest BCUT2D eigenvalue weighted by Crippen LogP contribution is 2.20. The summed E-state index contributed by atoms with van der Waals surface area (Å²) in [7, 11) is 0. The number of hydrogen-bond donors (Lipinski definition) is 1. The maximum absolute atomic E-state index is 10.9. The van der Waals surface area contributed by atoms with E-state index in [9.17, 15) is 4.79 Å². The molecule has 2 heteroatoms. The Hall–Kier alpha value is -1.75. The summed E-state index contributed by atoms with van der Waals surface area (Å²) in [6.45, 7) is 1.51. The van der Waals surface area contributed by atoms with Crippen LogP contribution in [-0.4, -0.2) is 5.91 Å². The Morgan fingerprint density at radius 1 is 1.50 bits per heavy atom. The predicted molar refractivity (Wildman–Crippen MR) is 54.5 cm³/mol. The average molecular weight is 185 g/mol. The van der Waals surface area contributed by atoms with Gasteiger partial charge >= 0.3 is 0 Å². The van der Waals surface area contributed by atoms with Gasteiger partial charge in [-0.2, -0.15) is 0 Å². The second kappa shape index (κ2) is 3.55. The van der Waals surface area contributed by atoms with Gasteiger partial charge in [-0.15, -0.1) is 0 Å². The smallest absolute Gasteiger partial charge is 0.218 e. The van der Waals surface area contributed by atoms with Crippen molar-refractivity contribution in [2.24, 2.45) is 0 Å². The molecule has 1 aliphatic rings. The van der Waals surface area contributed by atoms with Crippen molar-refractivity contribution in [2.75, 3.05) is 0 Å². The van der Waals surface area contributed by atoms with E-state index in [1.165, 1.54) is 12.5 Å². The van der Waals surface area contributed by atoms with Gasteiger partial charge in [0.2, 0.25) is 5.91 Å².